The van der Waals surface area contributed by atoms with Gasteiger partial charge in [-0.05, 0) is 37.3 Å². The van der Waals surface area contributed by atoms with Crippen molar-refractivity contribution in [2.24, 2.45) is 5.92 Å². The fourth-order valence-corrected chi connectivity index (χ4v) is 4.22. The molecule has 0 radical (unpaired) electrons. The van der Waals surface area contributed by atoms with E-state index in [-0.39, 0.29) is 24.5 Å². The van der Waals surface area contributed by atoms with Crippen LogP contribution < -0.4 is 14.8 Å². The Labute approximate surface area is 173 Å². The van der Waals surface area contributed by atoms with Gasteiger partial charge in [-0.25, -0.2) is 13.5 Å². The van der Waals surface area contributed by atoms with E-state index in [0.29, 0.717) is 37.0 Å². The number of carbonyl (C=O) groups is 1. The van der Waals surface area contributed by atoms with Gasteiger partial charge < -0.3 is 19.7 Å². The number of rotatable bonds is 6. The molecule has 2 atom stereocenters. The highest BCUT2D eigenvalue weighted by molar-refractivity contribution is 5.78. The molecule has 2 aromatic rings. The number of benzene rings is 1. The third kappa shape index (κ3) is 4.17. The minimum Gasteiger partial charge on any atom is -0.493 e. The number of likely N-dealkylation sites (tertiary alicyclic amines) is 1. The van der Waals surface area contributed by atoms with Gasteiger partial charge in [-0.2, -0.15) is 10.1 Å². The monoisotopic (exact) mass is 421 g/mol. The number of hydrogen-bond acceptors (Lipinski definition) is 6. The maximum Gasteiger partial charge on any atom is 0.260 e. The summed E-state index contributed by atoms with van der Waals surface area (Å²) in [6, 6.07) is 6.10. The average molecular weight is 421 g/mol. The minimum absolute atomic E-state index is 0.0662. The van der Waals surface area contributed by atoms with Crippen molar-refractivity contribution < 1.29 is 23.0 Å². The molecule has 1 saturated heterocycles. The molecule has 162 valence electrons. The van der Waals surface area contributed by atoms with Crippen LogP contribution in [0.2, 0.25) is 0 Å². The molecule has 1 fully saturated rings. The molecular weight excluding hydrogens is 396 g/mol. The third-order valence-electron chi connectivity index (χ3n) is 5.87. The van der Waals surface area contributed by atoms with Crippen molar-refractivity contribution >= 4 is 11.9 Å². The Morgan fingerprint density at radius 1 is 1.27 bits per heavy atom. The predicted octanol–water partition coefficient (Wildman–Crippen LogP) is 2.59. The smallest absolute Gasteiger partial charge is 0.260 e. The molecule has 1 amide bonds. The number of alkyl halides is 2. The van der Waals surface area contributed by atoms with Crippen LogP contribution in [0.15, 0.2) is 30.6 Å². The highest BCUT2D eigenvalue weighted by Gasteiger charge is 2.38. The number of fused-ring (bicyclic) bond motifs is 1. The van der Waals surface area contributed by atoms with Gasteiger partial charge in [0.15, 0.2) is 18.1 Å². The van der Waals surface area contributed by atoms with Crippen LogP contribution in [0.1, 0.15) is 25.3 Å². The van der Waals surface area contributed by atoms with Crippen LogP contribution in [0.4, 0.5) is 14.7 Å². The Kier molecular flexibility index (Phi) is 6.01. The molecule has 2 aliphatic rings. The van der Waals surface area contributed by atoms with Crippen LogP contribution in [-0.2, 0) is 4.79 Å². The Morgan fingerprint density at radius 3 is 2.70 bits per heavy atom. The van der Waals surface area contributed by atoms with E-state index in [2.05, 4.69) is 15.4 Å². The second kappa shape index (κ2) is 8.85. The molecule has 0 unspecified atom stereocenters. The molecule has 4 rings (SSSR count). The van der Waals surface area contributed by atoms with Gasteiger partial charge in [-0.3, -0.25) is 4.79 Å². The zero-order chi connectivity index (χ0) is 21.1. The zero-order valence-electron chi connectivity index (χ0n) is 16.7. The first-order valence-corrected chi connectivity index (χ1v) is 10.0. The number of hydrogen-bond donors (Lipinski definition) is 1. The average Bonchev–Trinajstić information content (AvgIpc) is 3.25. The fraction of sp³-hybridized carbons (Fsp3) is 0.550. The van der Waals surface area contributed by atoms with Crippen LogP contribution in [-0.4, -0.2) is 64.8 Å². The molecular formula is C20H25F2N5O3. The molecule has 30 heavy (non-hydrogen) atoms. The van der Waals surface area contributed by atoms with Crippen molar-refractivity contribution in [3.63, 3.8) is 0 Å². The molecule has 8 nitrogen and oxygen atoms in total. The van der Waals surface area contributed by atoms with E-state index in [1.54, 1.807) is 24.1 Å². The van der Waals surface area contributed by atoms with Crippen molar-refractivity contribution in [2.75, 3.05) is 32.1 Å². The third-order valence-corrected chi connectivity index (χ3v) is 5.87. The van der Waals surface area contributed by atoms with E-state index >= 15 is 0 Å². The number of ether oxygens (including phenoxy) is 2. The summed E-state index contributed by atoms with van der Waals surface area (Å²) in [5.41, 5.74) is 0. The summed E-state index contributed by atoms with van der Waals surface area (Å²) in [6.07, 6.45) is 0.570. The predicted molar refractivity (Wildman–Crippen MR) is 105 cm³/mol. The molecule has 0 bridgehead atoms. The molecule has 1 aromatic carbocycles. The van der Waals surface area contributed by atoms with Crippen LogP contribution >= 0.6 is 0 Å². The summed E-state index contributed by atoms with van der Waals surface area (Å²) >= 11 is 0. The molecule has 0 spiro atoms. The molecule has 1 aromatic heterocycles. The number of aromatic nitrogens is 3. The van der Waals surface area contributed by atoms with Crippen molar-refractivity contribution in [1.82, 2.24) is 19.7 Å². The van der Waals surface area contributed by atoms with E-state index in [1.165, 1.54) is 11.0 Å². The van der Waals surface area contributed by atoms with Crippen molar-refractivity contribution in [1.29, 1.82) is 0 Å². The van der Waals surface area contributed by atoms with Crippen molar-refractivity contribution in [2.45, 2.75) is 37.8 Å². The number of carbonyl (C=O) groups excluding carboxylic acids is 1. The summed E-state index contributed by atoms with van der Waals surface area (Å²) in [5.74, 6) is 1.59. The van der Waals surface area contributed by atoms with Gasteiger partial charge >= 0.3 is 0 Å². The number of anilines is 1. The van der Waals surface area contributed by atoms with Gasteiger partial charge in [0, 0.05) is 19.1 Å². The van der Waals surface area contributed by atoms with E-state index in [9.17, 15) is 13.6 Å². The maximum atomic E-state index is 13.5. The minimum atomic E-state index is -2.50. The largest absolute Gasteiger partial charge is 0.493 e. The number of piperidine rings is 1. The first kappa shape index (κ1) is 20.4. The van der Waals surface area contributed by atoms with Crippen molar-refractivity contribution in [3.05, 3.63) is 30.6 Å². The lowest BCUT2D eigenvalue weighted by Gasteiger charge is -2.39. The molecule has 1 N–H and O–H groups in total. The second-order valence-electron chi connectivity index (χ2n) is 7.57. The quantitative estimate of drug-likeness (QED) is 0.772. The number of nitrogens with one attached hydrogen (secondary N) is 1. The topological polar surface area (TPSA) is 81.5 Å². The van der Waals surface area contributed by atoms with Gasteiger partial charge in [0.25, 0.3) is 12.3 Å². The molecule has 2 aliphatic heterocycles. The van der Waals surface area contributed by atoms with Crippen molar-refractivity contribution in [3.8, 4) is 11.5 Å². The highest BCUT2D eigenvalue weighted by Crippen LogP contribution is 2.35. The van der Waals surface area contributed by atoms with E-state index in [0.717, 1.165) is 12.8 Å². The maximum absolute atomic E-state index is 13.5. The lowest BCUT2D eigenvalue weighted by Crippen LogP contribution is -2.47. The Hall–Kier alpha value is -2.91. The molecule has 10 heteroatoms. The Morgan fingerprint density at radius 2 is 2.00 bits per heavy atom. The SMILES string of the molecule is COc1ccccc1OCC(=O)N1CCC([C@@H]2C[C@H](C(F)F)n3ncnc3N2)CC1. The number of halogens is 2. The normalized spacial score (nSPS) is 21.8. The second-order valence-corrected chi connectivity index (χ2v) is 7.57. The van der Waals surface area contributed by atoms with Crippen LogP contribution in [0.25, 0.3) is 0 Å². The van der Waals surface area contributed by atoms with Gasteiger partial charge in [0.2, 0.25) is 5.95 Å². The van der Waals surface area contributed by atoms with E-state index in [1.807, 2.05) is 12.1 Å². The number of amides is 1. The van der Waals surface area contributed by atoms with Crippen LogP contribution in [0.3, 0.4) is 0 Å². The number of para-hydroxylation sites is 2. The molecule has 3 heterocycles. The summed E-state index contributed by atoms with van der Waals surface area (Å²) < 4.78 is 39.1. The van der Waals surface area contributed by atoms with Gasteiger partial charge in [-0.15, -0.1) is 0 Å². The van der Waals surface area contributed by atoms with E-state index in [4.69, 9.17) is 9.47 Å². The number of nitrogens with zero attached hydrogens (tertiary/aromatic N) is 4. The Bertz CT molecular complexity index is 870. The standard InChI is InChI=1S/C20H25F2N5O3/c1-29-16-4-2-3-5-17(16)30-11-18(28)26-8-6-13(7-9-26)14-10-15(19(21)22)27-20(25-14)23-12-24-27/h2-5,12-15,19H,6-11H2,1H3,(H,23,24,25)/t14-,15+/m0/s1. The number of methoxy groups -OCH3 is 1. The van der Waals surface area contributed by atoms with E-state index < -0.39 is 12.5 Å². The summed E-state index contributed by atoms with van der Waals surface area (Å²) in [7, 11) is 1.55. The first-order chi connectivity index (χ1) is 14.6. The van der Waals surface area contributed by atoms with Gasteiger partial charge in [-0.1, -0.05) is 12.1 Å². The highest BCUT2D eigenvalue weighted by atomic mass is 19.3. The summed E-state index contributed by atoms with van der Waals surface area (Å²) in [5, 5.41) is 7.17. The first-order valence-electron chi connectivity index (χ1n) is 10.0. The molecule has 0 aliphatic carbocycles. The summed E-state index contributed by atoms with van der Waals surface area (Å²) in [6.45, 7) is 1.08. The van der Waals surface area contributed by atoms with Gasteiger partial charge in [0.05, 0.1) is 7.11 Å². The lowest BCUT2D eigenvalue weighted by molar-refractivity contribution is -0.134. The van der Waals surface area contributed by atoms with Gasteiger partial charge in [0.1, 0.15) is 12.4 Å². The zero-order valence-corrected chi connectivity index (χ0v) is 16.7. The molecule has 0 saturated carbocycles. The van der Waals surface area contributed by atoms with Crippen LogP contribution in [0, 0.1) is 5.92 Å². The lowest BCUT2D eigenvalue weighted by atomic mass is 9.85. The summed E-state index contributed by atoms with van der Waals surface area (Å²) in [4.78, 5) is 18.4. The Balaban J connectivity index is 1.30. The fourth-order valence-electron chi connectivity index (χ4n) is 4.22. The van der Waals surface area contributed by atoms with Crippen LogP contribution in [0.5, 0.6) is 11.5 Å².